The second kappa shape index (κ2) is 4.10. The predicted molar refractivity (Wildman–Crippen MR) is 84.2 cm³/mol. The molecule has 1 aromatic heterocycles. The molecule has 2 nitrogen and oxygen atoms in total. The van der Waals surface area contributed by atoms with Crippen LogP contribution in [0.1, 0.15) is 27.7 Å². The first kappa shape index (κ1) is 13.2. The first-order chi connectivity index (χ1) is 8.82. The Hall–Kier alpha value is -0.800. The quantitative estimate of drug-likeness (QED) is 0.857. The number of rotatable bonds is 3. The van der Waals surface area contributed by atoms with E-state index in [-0.39, 0.29) is 0 Å². The number of fused-ring (bicyclic) bond motifs is 1. The van der Waals surface area contributed by atoms with E-state index in [1.165, 1.54) is 0 Å². The fourth-order valence-corrected chi connectivity index (χ4v) is 4.16. The molecule has 1 heterocycles. The monoisotopic (exact) mass is 294 g/mol. The minimum absolute atomic E-state index is 0.417. The lowest BCUT2D eigenvalue weighted by atomic mass is 10.0. The van der Waals surface area contributed by atoms with Gasteiger partial charge in [0.05, 0.1) is 10.2 Å². The maximum absolute atomic E-state index is 6.00. The van der Waals surface area contributed by atoms with Crippen LogP contribution >= 0.6 is 22.9 Å². The van der Waals surface area contributed by atoms with Gasteiger partial charge in [0, 0.05) is 11.6 Å². The van der Waals surface area contributed by atoms with Crippen molar-refractivity contribution in [3.8, 4) is 0 Å². The van der Waals surface area contributed by atoms with Crippen molar-refractivity contribution in [1.82, 2.24) is 4.98 Å². The van der Waals surface area contributed by atoms with Crippen LogP contribution in [-0.2, 0) is 0 Å². The average Bonchev–Trinajstić information content (AvgIpc) is 2.63. The fourth-order valence-electron chi connectivity index (χ4n) is 3.01. The molecule has 1 aromatic carbocycles. The van der Waals surface area contributed by atoms with Crippen LogP contribution in [0.4, 0.5) is 5.13 Å². The summed E-state index contributed by atoms with van der Waals surface area (Å²) < 4.78 is 1.14. The second-order valence-electron chi connectivity index (χ2n) is 6.51. The zero-order valence-electron chi connectivity index (χ0n) is 11.7. The van der Waals surface area contributed by atoms with Crippen molar-refractivity contribution in [2.24, 2.45) is 16.7 Å². The number of halogens is 1. The van der Waals surface area contributed by atoms with Crippen molar-refractivity contribution in [2.75, 3.05) is 11.9 Å². The summed E-state index contributed by atoms with van der Waals surface area (Å²) in [6.45, 7) is 10.4. The third kappa shape index (κ3) is 2.03. The van der Waals surface area contributed by atoms with Crippen LogP contribution in [0.25, 0.3) is 10.2 Å². The molecule has 1 aliphatic rings. The molecule has 4 heteroatoms. The Morgan fingerprint density at radius 1 is 1.26 bits per heavy atom. The molecule has 0 saturated heterocycles. The van der Waals surface area contributed by atoms with Gasteiger partial charge in [-0.2, -0.15) is 0 Å². The van der Waals surface area contributed by atoms with Gasteiger partial charge in [-0.3, -0.25) is 0 Å². The number of aromatic nitrogens is 1. The number of thiazole rings is 1. The van der Waals surface area contributed by atoms with E-state index in [1.807, 2.05) is 18.2 Å². The van der Waals surface area contributed by atoms with E-state index in [2.05, 4.69) is 38.0 Å². The average molecular weight is 295 g/mol. The number of hydrogen-bond acceptors (Lipinski definition) is 3. The van der Waals surface area contributed by atoms with Crippen LogP contribution in [0, 0.1) is 16.7 Å². The smallest absolute Gasteiger partial charge is 0.183 e. The largest absolute Gasteiger partial charge is 0.361 e. The number of benzene rings is 1. The molecule has 2 aromatic rings. The van der Waals surface area contributed by atoms with Gasteiger partial charge in [0.1, 0.15) is 0 Å². The molecule has 1 aliphatic carbocycles. The topological polar surface area (TPSA) is 24.9 Å². The highest BCUT2D eigenvalue weighted by atomic mass is 35.5. The van der Waals surface area contributed by atoms with Crippen LogP contribution in [0.2, 0.25) is 5.02 Å². The predicted octanol–water partition coefficient (Wildman–Crippen LogP) is 5.04. The van der Waals surface area contributed by atoms with Crippen LogP contribution in [-0.4, -0.2) is 11.5 Å². The zero-order chi connectivity index (χ0) is 13.8. The fraction of sp³-hybridized carbons (Fsp3) is 0.533. The highest BCUT2D eigenvalue weighted by molar-refractivity contribution is 7.22. The molecule has 1 fully saturated rings. The lowest BCUT2D eigenvalue weighted by Crippen LogP contribution is -2.07. The molecule has 0 radical (unpaired) electrons. The molecule has 0 spiro atoms. The van der Waals surface area contributed by atoms with Crippen molar-refractivity contribution >= 4 is 38.3 Å². The summed E-state index contributed by atoms with van der Waals surface area (Å²) in [6.07, 6.45) is 0. The van der Waals surface area contributed by atoms with Crippen LogP contribution in [0.3, 0.4) is 0 Å². The van der Waals surface area contributed by atoms with Gasteiger partial charge in [-0.1, -0.05) is 50.6 Å². The molecule has 0 atom stereocenters. The normalized spacial score (nSPS) is 20.7. The van der Waals surface area contributed by atoms with E-state index in [0.717, 1.165) is 26.9 Å². The van der Waals surface area contributed by atoms with E-state index in [4.69, 9.17) is 11.6 Å². The van der Waals surface area contributed by atoms with Crippen molar-refractivity contribution in [1.29, 1.82) is 0 Å². The summed E-state index contributed by atoms with van der Waals surface area (Å²) in [4.78, 5) is 4.60. The van der Waals surface area contributed by atoms with Crippen LogP contribution in [0.5, 0.6) is 0 Å². The van der Waals surface area contributed by atoms with E-state index < -0.39 is 0 Å². The molecule has 1 saturated carbocycles. The molecular weight excluding hydrogens is 276 g/mol. The second-order valence-corrected chi connectivity index (χ2v) is 7.98. The Bertz CT molecular complexity index is 616. The van der Waals surface area contributed by atoms with Gasteiger partial charge in [0.15, 0.2) is 5.13 Å². The lowest BCUT2D eigenvalue weighted by molar-refractivity contribution is 0.457. The standard InChI is InChI=1S/C15H19ClN2S/c1-14(2)12(15(14,3)4)8-17-13-18-10-6-5-9(16)7-11(10)19-13/h5-7,12H,8H2,1-4H3,(H,17,18). The Kier molecular flexibility index (Phi) is 2.84. The molecule has 1 N–H and O–H groups in total. The summed E-state index contributed by atoms with van der Waals surface area (Å²) in [5, 5.41) is 5.26. The summed E-state index contributed by atoms with van der Waals surface area (Å²) >= 11 is 7.67. The van der Waals surface area contributed by atoms with Gasteiger partial charge in [-0.05, 0) is 34.9 Å². The third-order valence-corrected chi connectivity index (χ3v) is 6.34. The van der Waals surface area contributed by atoms with Gasteiger partial charge < -0.3 is 5.32 Å². The SMILES string of the molecule is CC1(C)C(CNc2nc3ccc(Cl)cc3s2)C1(C)C. The number of nitrogens with one attached hydrogen (secondary N) is 1. The Morgan fingerprint density at radius 3 is 2.58 bits per heavy atom. The molecule has 0 bridgehead atoms. The number of nitrogens with zero attached hydrogens (tertiary/aromatic N) is 1. The van der Waals surface area contributed by atoms with Crippen molar-refractivity contribution in [2.45, 2.75) is 27.7 Å². The minimum Gasteiger partial charge on any atom is -0.361 e. The molecule has 0 aliphatic heterocycles. The Labute approximate surface area is 123 Å². The highest BCUT2D eigenvalue weighted by Gasteiger charge is 2.64. The molecule has 0 amide bonds. The van der Waals surface area contributed by atoms with Crippen molar-refractivity contribution in [3.63, 3.8) is 0 Å². The minimum atomic E-state index is 0.417. The van der Waals surface area contributed by atoms with Gasteiger partial charge >= 0.3 is 0 Å². The Morgan fingerprint density at radius 2 is 1.95 bits per heavy atom. The zero-order valence-corrected chi connectivity index (χ0v) is 13.3. The molecule has 19 heavy (non-hydrogen) atoms. The van der Waals surface area contributed by atoms with E-state index in [0.29, 0.717) is 16.7 Å². The van der Waals surface area contributed by atoms with E-state index in [1.54, 1.807) is 11.3 Å². The van der Waals surface area contributed by atoms with Gasteiger partial charge in [-0.15, -0.1) is 0 Å². The summed E-state index contributed by atoms with van der Waals surface area (Å²) in [6, 6.07) is 5.84. The van der Waals surface area contributed by atoms with Gasteiger partial charge in [0.25, 0.3) is 0 Å². The molecule has 3 rings (SSSR count). The molecule has 102 valence electrons. The molecule has 0 unspecified atom stereocenters. The molecular formula is C15H19ClN2S. The number of anilines is 1. The Balaban J connectivity index is 1.73. The highest BCUT2D eigenvalue weighted by Crippen LogP contribution is 2.68. The third-order valence-electron chi connectivity index (χ3n) is 5.13. The van der Waals surface area contributed by atoms with E-state index >= 15 is 0 Å². The maximum Gasteiger partial charge on any atom is 0.183 e. The maximum atomic E-state index is 6.00. The van der Waals surface area contributed by atoms with E-state index in [9.17, 15) is 0 Å². The lowest BCUT2D eigenvalue weighted by Gasteiger charge is -2.04. The summed E-state index contributed by atoms with van der Waals surface area (Å²) in [5.41, 5.74) is 1.85. The van der Waals surface area contributed by atoms with Gasteiger partial charge in [0.2, 0.25) is 0 Å². The van der Waals surface area contributed by atoms with Crippen LogP contribution in [0.15, 0.2) is 18.2 Å². The van der Waals surface area contributed by atoms with Crippen molar-refractivity contribution in [3.05, 3.63) is 23.2 Å². The first-order valence-electron chi connectivity index (χ1n) is 6.62. The summed E-state index contributed by atoms with van der Waals surface area (Å²) in [7, 11) is 0. The van der Waals surface area contributed by atoms with Gasteiger partial charge in [-0.25, -0.2) is 4.98 Å². The van der Waals surface area contributed by atoms with Crippen LogP contribution < -0.4 is 5.32 Å². The first-order valence-corrected chi connectivity index (χ1v) is 7.82. The van der Waals surface area contributed by atoms with Crippen molar-refractivity contribution < 1.29 is 0 Å². The number of hydrogen-bond donors (Lipinski definition) is 1. The summed E-state index contributed by atoms with van der Waals surface area (Å²) in [5.74, 6) is 0.704.